The van der Waals surface area contributed by atoms with E-state index in [9.17, 15) is 4.79 Å². The lowest BCUT2D eigenvalue weighted by Gasteiger charge is -2.15. The van der Waals surface area contributed by atoms with Crippen molar-refractivity contribution in [1.82, 2.24) is 4.98 Å². The molecule has 3 heteroatoms. The summed E-state index contributed by atoms with van der Waals surface area (Å²) in [6, 6.07) is 22.3. The summed E-state index contributed by atoms with van der Waals surface area (Å²) in [5.41, 5.74) is 3.23. The van der Waals surface area contributed by atoms with Gasteiger partial charge in [0, 0.05) is 10.9 Å². The zero-order valence-corrected chi connectivity index (χ0v) is 16.4. The van der Waals surface area contributed by atoms with Crippen molar-refractivity contribution >= 4 is 27.5 Å². The van der Waals surface area contributed by atoms with Gasteiger partial charge in [0.25, 0.3) is 0 Å². The van der Waals surface area contributed by atoms with Gasteiger partial charge in [-0.2, -0.15) is 0 Å². The summed E-state index contributed by atoms with van der Waals surface area (Å²) in [7, 11) is 0. The summed E-state index contributed by atoms with van der Waals surface area (Å²) in [5, 5.41) is 4.18. The summed E-state index contributed by atoms with van der Waals surface area (Å²) in [6.07, 6.45) is 0. The van der Waals surface area contributed by atoms with Crippen LogP contribution in [0.1, 0.15) is 42.7 Å². The second kappa shape index (κ2) is 7.43. The van der Waals surface area contributed by atoms with E-state index >= 15 is 0 Å². The first-order valence-electron chi connectivity index (χ1n) is 9.69. The van der Waals surface area contributed by atoms with Crippen LogP contribution in [-0.4, -0.2) is 17.6 Å². The molecular formula is C25H23NO2. The smallest absolute Gasteiger partial charge is 0.339 e. The van der Waals surface area contributed by atoms with Gasteiger partial charge in [-0.3, -0.25) is 4.98 Å². The molecule has 4 aromatic rings. The molecule has 0 radical (unpaired) electrons. The summed E-state index contributed by atoms with van der Waals surface area (Å²) >= 11 is 0. The van der Waals surface area contributed by atoms with Crippen LogP contribution in [0.15, 0.2) is 66.7 Å². The predicted octanol–water partition coefficient (Wildman–Crippen LogP) is 6.36. The van der Waals surface area contributed by atoms with Gasteiger partial charge in [0.05, 0.1) is 23.6 Å². The Labute approximate surface area is 165 Å². The fraction of sp³-hybridized carbons (Fsp3) is 0.200. The highest BCUT2D eigenvalue weighted by molar-refractivity contribution is 6.10. The van der Waals surface area contributed by atoms with Gasteiger partial charge in [-0.05, 0) is 35.1 Å². The van der Waals surface area contributed by atoms with Crippen LogP contribution >= 0.6 is 0 Å². The van der Waals surface area contributed by atoms with Crippen molar-refractivity contribution in [2.24, 2.45) is 0 Å². The molecule has 0 aliphatic rings. The average Bonchev–Trinajstić information content (AvgIpc) is 2.72. The monoisotopic (exact) mass is 369 g/mol. The second-order valence-electron chi connectivity index (χ2n) is 7.20. The SMILES string of the molecule is CCOC(=O)c1c(-c2cc3ccccc3c(C(C)C)n2)ccc2ccccc12. The summed E-state index contributed by atoms with van der Waals surface area (Å²) in [6.45, 7) is 6.45. The zero-order valence-electron chi connectivity index (χ0n) is 16.4. The van der Waals surface area contributed by atoms with E-state index in [1.807, 2.05) is 55.5 Å². The maximum atomic E-state index is 12.9. The fourth-order valence-corrected chi connectivity index (χ4v) is 3.71. The number of esters is 1. The van der Waals surface area contributed by atoms with Gasteiger partial charge in [-0.15, -0.1) is 0 Å². The molecule has 3 aromatic carbocycles. The minimum atomic E-state index is -0.310. The third-order valence-electron chi connectivity index (χ3n) is 5.00. The molecule has 0 unspecified atom stereocenters. The van der Waals surface area contributed by atoms with E-state index in [4.69, 9.17) is 9.72 Å². The fourth-order valence-electron chi connectivity index (χ4n) is 3.71. The third kappa shape index (κ3) is 3.13. The molecule has 28 heavy (non-hydrogen) atoms. The van der Waals surface area contributed by atoms with E-state index in [-0.39, 0.29) is 11.9 Å². The van der Waals surface area contributed by atoms with E-state index in [0.29, 0.717) is 12.2 Å². The molecule has 140 valence electrons. The lowest BCUT2D eigenvalue weighted by atomic mass is 9.94. The van der Waals surface area contributed by atoms with Crippen molar-refractivity contribution in [3.8, 4) is 11.3 Å². The molecule has 0 amide bonds. The van der Waals surface area contributed by atoms with E-state index in [1.165, 1.54) is 0 Å². The maximum absolute atomic E-state index is 12.9. The number of hydrogen-bond donors (Lipinski definition) is 0. The molecule has 0 spiro atoms. The standard InChI is InChI=1S/C25H23NO2/c1-4-28-25(27)23-19-11-7-5-9-17(19)13-14-21(23)22-15-18-10-6-8-12-20(18)24(26-22)16(2)3/h5-16H,4H2,1-3H3. The van der Waals surface area contributed by atoms with E-state index in [1.54, 1.807) is 0 Å². The van der Waals surface area contributed by atoms with Gasteiger partial charge >= 0.3 is 5.97 Å². The number of carbonyl (C=O) groups excluding carboxylic acids is 1. The number of hydrogen-bond acceptors (Lipinski definition) is 3. The normalized spacial score (nSPS) is 11.3. The van der Waals surface area contributed by atoms with Gasteiger partial charge in [0.15, 0.2) is 0 Å². The summed E-state index contributed by atoms with van der Waals surface area (Å²) < 4.78 is 5.40. The van der Waals surface area contributed by atoms with Crippen LogP contribution in [0.4, 0.5) is 0 Å². The topological polar surface area (TPSA) is 39.2 Å². The second-order valence-corrected chi connectivity index (χ2v) is 7.20. The number of ether oxygens (including phenoxy) is 1. The quantitative estimate of drug-likeness (QED) is 0.393. The number of benzene rings is 3. The largest absolute Gasteiger partial charge is 0.462 e. The lowest BCUT2D eigenvalue weighted by Crippen LogP contribution is -2.08. The van der Waals surface area contributed by atoms with Crippen molar-refractivity contribution in [2.75, 3.05) is 6.61 Å². The number of fused-ring (bicyclic) bond motifs is 2. The van der Waals surface area contributed by atoms with Crippen molar-refractivity contribution in [2.45, 2.75) is 26.7 Å². The Morgan fingerprint density at radius 1 is 0.929 bits per heavy atom. The molecule has 0 aliphatic carbocycles. The Kier molecular flexibility index (Phi) is 4.82. The molecule has 0 aliphatic heterocycles. The van der Waals surface area contributed by atoms with E-state index < -0.39 is 0 Å². The molecule has 0 N–H and O–H groups in total. The van der Waals surface area contributed by atoms with E-state index in [0.717, 1.165) is 38.5 Å². The van der Waals surface area contributed by atoms with Crippen LogP contribution in [0.25, 0.3) is 32.8 Å². The molecule has 3 nitrogen and oxygen atoms in total. The lowest BCUT2D eigenvalue weighted by molar-refractivity contribution is 0.0529. The molecule has 0 atom stereocenters. The summed E-state index contributed by atoms with van der Waals surface area (Å²) in [5.74, 6) is -0.0355. The Morgan fingerprint density at radius 3 is 2.32 bits per heavy atom. The Hall–Kier alpha value is -3.20. The number of carbonyl (C=O) groups is 1. The van der Waals surface area contributed by atoms with Crippen molar-refractivity contribution in [1.29, 1.82) is 0 Å². The molecule has 0 bridgehead atoms. The van der Waals surface area contributed by atoms with Crippen LogP contribution in [-0.2, 0) is 4.74 Å². The highest BCUT2D eigenvalue weighted by atomic mass is 16.5. The van der Waals surface area contributed by atoms with Gasteiger partial charge in [-0.25, -0.2) is 4.79 Å². The first kappa shape index (κ1) is 18.2. The van der Waals surface area contributed by atoms with Crippen molar-refractivity contribution < 1.29 is 9.53 Å². The molecule has 0 saturated carbocycles. The molecule has 0 fully saturated rings. The van der Waals surface area contributed by atoms with Crippen LogP contribution in [0.2, 0.25) is 0 Å². The molecule has 1 heterocycles. The van der Waals surface area contributed by atoms with Crippen molar-refractivity contribution in [3.63, 3.8) is 0 Å². The van der Waals surface area contributed by atoms with Gasteiger partial charge in [0.2, 0.25) is 0 Å². The maximum Gasteiger partial charge on any atom is 0.339 e. The Bertz CT molecular complexity index is 1180. The number of nitrogens with zero attached hydrogens (tertiary/aromatic N) is 1. The first-order valence-corrected chi connectivity index (χ1v) is 9.69. The highest BCUT2D eigenvalue weighted by Crippen LogP contribution is 2.34. The molecular weight excluding hydrogens is 346 g/mol. The van der Waals surface area contributed by atoms with Gasteiger partial charge in [0.1, 0.15) is 0 Å². The van der Waals surface area contributed by atoms with Crippen LogP contribution in [0.5, 0.6) is 0 Å². The zero-order chi connectivity index (χ0) is 19.7. The Balaban J connectivity index is 2.04. The molecule has 0 saturated heterocycles. The number of rotatable bonds is 4. The van der Waals surface area contributed by atoms with Gasteiger partial charge in [-0.1, -0.05) is 74.5 Å². The predicted molar refractivity (Wildman–Crippen MR) is 115 cm³/mol. The van der Waals surface area contributed by atoms with Crippen molar-refractivity contribution in [3.05, 3.63) is 78.0 Å². The summed E-state index contributed by atoms with van der Waals surface area (Å²) in [4.78, 5) is 17.9. The van der Waals surface area contributed by atoms with Crippen LogP contribution < -0.4 is 0 Å². The molecule has 1 aromatic heterocycles. The van der Waals surface area contributed by atoms with E-state index in [2.05, 4.69) is 32.0 Å². The van der Waals surface area contributed by atoms with Crippen LogP contribution in [0.3, 0.4) is 0 Å². The average molecular weight is 369 g/mol. The number of pyridine rings is 1. The Morgan fingerprint density at radius 2 is 1.61 bits per heavy atom. The van der Waals surface area contributed by atoms with Gasteiger partial charge < -0.3 is 4.74 Å². The third-order valence-corrected chi connectivity index (χ3v) is 5.00. The minimum Gasteiger partial charge on any atom is -0.462 e. The highest BCUT2D eigenvalue weighted by Gasteiger charge is 2.20. The van der Waals surface area contributed by atoms with Crippen LogP contribution in [0, 0.1) is 0 Å². The minimum absolute atomic E-state index is 0.274. The number of aromatic nitrogens is 1. The first-order chi connectivity index (χ1) is 13.6. The molecule has 4 rings (SSSR count).